The van der Waals surface area contributed by atoms with E-state index in [4.69, 9.17) is 10.5 Å². The Labute approximate surface area is 197 Å². The Kier molecular flexibility index (Phi) is 6.31. The Bertz CT molecular complexity index is 1280. The minimum atomic E-state index is -0.561. The third kappa shape index (κ3) is 4.47. The van der Waals surface area contributed by atoms with Crippen molar-refractivity contribution in [2.75, 3.05) is 29.2 Å². The average Bonchev–Trinajstić information content (AvgIpc) is 3.17. The zero-order chi connectivity index (χ0) is 24.2. The fraction of sp³-hybridized carbons (Fsp3) is 0.115. The molecule has 3 amide bonds. The van der Waals surface area contributed by atoms with E-state index < -0.39 is 12.0 Å². The zero-order valence-corrected chi connectivity index (χ0v) is 18.8. The van der Waals surface area contributed by atoms with Gasteiger partial charge in [0, 0.05) is 24.0 Å². The van der Waals surface area contributed by atoms with Crippen molar-refractivity contribution >= 4 is 46.2 Å². The average molecular weight is 457 g/mol. The quantitative estimate of drug-likeness (QED) is 0.378. The van der Waals surface area contributed by atoms with Crippen LogP contribution in [-0.2, 0) is 9.53 Å². The molecule has 34 heavy (non-hydrogen) atoms. The second-order valence-electron chi connectivity index (χ2n) is 7.62. The van der Waals surface area contributed by atoms with E-state index >= 15 is 0 Å². The number of hydrogen-bond acceptors (Lipinski definition) is 5. The van der Waals surface area contributed by atoms with E-state index in [-0.39, 0.29) is 12.5 Å². The number of anilines is 3. The van der Waals surface area contributed by atoms with Crippen molar-refractivity contribution in [3.05, 3.63) is 89.5 Å². The lowest BCUT2D eigenvalue weighted by atomic mass is 9.99. The highest BCUT2D eigenvalue weighted by molar-refractivity contribution is 6.37. The minimum absolute atomic E-state index is 0.267. The van der Waals surface area contributed by atoms with Crippen LogP contribution in [0.2, 0.25) is 0 Å². The largest absolute Gasteiger partial charge is 0.462 e. The number of nitrogens with one attached hydrogen (secondary N) is 2. The first-order chi connectivity index (χ1) is 16.4. The SMILES string of the molecule is CCOC(=O)c1ccc2c(c1)NC(=O)/C2=C(\Nc1ccc(N(C)C(N)=O)cc1)c1ccccc1. The summed E-state index contributed by atoms with van der Waals surface area (Å²) in [6, 6.07) is 21.1. The summed E-state index contributed by atoms with van der Waals surface area (Å²) in [6.45, 7) is 2.01. The third-order valence-electron chi connectivity index (χ3n) is 5.44. The van der Waals surface area contributed by atoms with Crippen LogP contribution in [0.4, 0.5) is 21.9 Å². The number of ether oxygens (including phenoxy) is 1. The molecule has 1 heterocycles. The summed E-state index contributed by atoms with van der Waals surface area (Å²) >= 11 is 0. The van der Waals surface area contributed by atoms with Gasteiger partial charge in [0.1, 0.15) is 0 Å². The predicted octanol–water partition coefficient (Wildman–Crippen LogP) is 4.31. The molecule has 0 aromatic heterocycles. The third-order valence-corrected chi connectivity index (χ3v) is 5.44. The van der Waals surface area contributed by atoms with Crippen LogP contribution in [0.5, 0.6) is 0 Å². The molecule has 1 aliphatic heterocycles. The van der Waals surface area contributed by atoms with Crippen molar-refractivity contribution in [1.29, 1.82) is 0 Å². The number of primary amides is 1. The maximum atomic E-state index is 13.1. The molecule has 0 aliphatic carbocycles. The number of carbonyl (C=O) groups is 3. The molecule has 8 heteroatoms. The topological polar surface area (TPSA) is 114 Å². The Balaban J connectivity index is 1.77. The first kappa shape index (κ1) is 22.6. The van der Waals surface area contributed by atoms with Crippen molar-refractivity contribution in [2.45, 2.75) is 6.92 Å². The molecule has 8 nitrogen and oxygen atoms in total. The maximum Gasteiger partial charge on any atom is 0.338 e. The molecule has 0 fully saturated rings. The highest BCUT2D eigenvalue weighted by atomic mass is 16.5. The summed E-state index contributed by atoms with van der Waals surface area (Å²) in [4.78, 5) is 38.0. The second-order valence-corrected chi connectivity index (χ2v) is 7.62. The number of hydrogen-bond donors (Lipinski definition) is 3. The standard InChI is InChI=1S/C26H24N4O4/c1-3-34-25(32)17-9-14-20-21(15-17)29-24(31)22(20)23(16-7-5-4-6-8-16)28-18-10-12-19(13-11-18)30(2)26(27)33/h4-15,28H,3H2,1-2H3,(H2,27,33)(H,29,31)/b23-22-. The number of esters is 1. The van der Waals surface area contributed by atoms with Gasteiger partial charge < -0.3 is 21.1 Å². The predicted molar refractivity (Wildman–Crippen MR) is 132 cm³/mol. The summed E-state index contributed by atoms with van der Waals surface area (Å²) in [5, 5.41) is 6.21. The monoisotopic (exact) mass is 456 g/mol. The molecule has 1 aliphatic rings. The van der Waals surface area contributed by atoms with Crippen LogP contribution in [0.3, 0.4) is 0 Å². The van der Waals surface area contributed by atoms with Crippen LogP contribution in [0.15, 0.2) is 72.8 Å². The Morgan fingerprint density at radius 2 is 1.71 bits per heavy atom. The summed E-state index contributed by atoms with van der Waals surface area (Å²) in [7, 11) is 1.59. The van der Waals surface area contributed by atoms with Gasteiger partial charge in [0.2, 0.25) is 0 Å². The normalized spacial score (nSPS) is 13.5. The van der Waals surface area contributed by atoms with Gasteiger partial charge in [0.05, 0.1) is 29.1 Å². The Morgan fingerprint density at radius 3 is 2.35 bits per heavy atom. The van der Waals surface area contributed by atoms with Crippen LogP contribution >= 0.6 is 0 Å². The van der Waals surface area contributed by atoms with Gasteiger partial charge in [0.15, 0.2) is 0 Å². The highest BCUT2D eigenvalue weighted by Crippen LogP contribution is 2.38. The summed E-state index contributed by atoms with van der Waals surface area (Å²) < 4.78 is 5.07. The van der Waals surface area contributed by atoms with Crippen molar-refractivity contribution in [2.24, 2.45) is 5.73 Å². The lowest BCUT2D eigenvalue weighted by Crippen LogP contribution is -2.31. The highest BCUT2D eigenvalue weighted by Gasteiger charge is 2.29. The molecule has 172 valence electrons. The van der Waals surface area contributed by atoms with Gasteiger partial charge in [-0.15, -0.1) is 0 Å². The molecule has 3 aromatic rings. The van der Waals surface area contributed by atoms with Crippen LogP contribution in [0.25, 0.3) is 11.3 Å². The van der Waals surface area contributed by atoms with E-state index in [2.05, 4.69) is 10.6 Å². The van der Waals surface area contributed by atoms with E-state index in [9.17, 15) is 14.4 Å². The number of rotatable bonds is 6. The molecule has 0 unspecified atom stereocenters. The minimum Gasteiger partial charge on any atom is -0.462 e. The molecular formula is C26H24N4O4. The molecule has 0 saturated heterocycles. The van der Waals surface area contributed by atoms with E-state index in [1.807, 2.05) is 30.3 Å². The number of fused-ring (bicyclic) bond motifs is 1. The van der Waals surface area contributed by atoms with E-state index in [1.165, 1.54) is 4.90 Å². The molecule has 0 spiro atoms. The maximum absolute atomic E-state index is 13.1. The van der Waals surface area contributed by atoms with Gasteiger partial charge in [0.25, 0.3) is 5.91 Å². The first-order valence-corrected chi connectivity index (χ1v) is 10.7. The number of nitrogens with zero attached hydrogens (tertiary/aromatic N) is 1. The number of amides is 3. The molecule has 4 rings (SSSR count). The summed E-state index contributed by atoms with van der Waals surface area (Å²) in [5.74, 6) is -0.730. The number of nitrogens with two attached hydrogens (primary N) is 1. The molecule has 0 radical (unpaired) electrons. The molecule has 3 aromatic carbocycles. The van der Waals surface area contributed by atoms with Crippen LogP contribution in [0, 0.1) is 0 Å². The van der Waals surface area contributed by atoms with Crippen LogP contribution in [0.1, 0.15) is 28.4 Å². The summed E-state index contributed by atoms with van der Waals surface area (Å²) in [6.07, 6.45) is 0. The number of benzene rings is 3. The van der Waals surface area contributed by atoms with Crippen molar-refractivity contribution in [3.8, 4) is 0 Å². The molecule has 0 bridgehead atoms. The van der Waals surface area contributed by atoms with Gasteiger partial charge >= 0.3 is 12.0 Å². The lowest BCUT2D eigenvalue weighted by molar-refractivity contribution is -0.110. The number of carbonyl (C=O) groups excluding carboxylic acids is 3. The molecule has 0 atom stereocenters. The Morgan fingerprint density at radius 1 is 1.00 bits per heavy atom. The molecular weight excluding hydrogens is 432 g/mol. The molecule has 4 N–H and O–H groups in total. The van der Waals surface area contributed by atoms with Crippen LogP contribution in [-0.4, -0.2) is 31.6 Å². The van der Waals surface area contributed by atoms with E-state index in [0.29, 0.717) is 33.8 Å². The fourth-order valence-corrected chi connectivity index (χ4v) is 3.69. The van der Waals surface area contributed by atoms with Crippen LogP contribution < -0.4 is 21.3 Å². The van der Waals surface area contributed by atoms with E-state index in [0.717, 1.165) is 11.3 Å². The van der Waals surface area contributed by atoms with Gasteiger partial charge in [-0.3, -0.25) is 9.69 Å². The molecule has 0 saturated carbocycles. The van der Waals surface area contributed by atoms with Crippen molar-refractivity contribution in [1.82, 2.24) is 0 Å². The van der Waals surface area contributed by atoms with Gasteiger partial charge in [-0.1, -0.05) is 36.4 Å². The summed E-state index contributed by atoms with van der Waals surface area (Å²) in [5.41, 5.74) is 10.2. The lowest BCUT2D eigenvalue weighted by Gasteiger charge is -2.17. The zero-order valence-electron chi connectivity index (χ0n) is 18.8. The number of urea groups is 1. The van der Waals surface area contributed by atoms with Gasteiger partial charge in [-0.2, -0.15) is 0 Å². The van der Waals surface area contributed by atoms with Crippen molar-refractivity contribution in [3.63, 3.8) is 0 Å². The van der Waals surface area contributed by atoms with Gasteiger partial charge in [-0.25, -0.2) is 9.59 Å². The fourth-order valence-electron chi connectivity index (χ4n) is 3.69. The van der Waals surface area contributed by atoms with Gasteiger partial charge in [-0.05, 0) is 48.9 Å². The van der Waals surface area contributed by atoms with Crippen molar-refractivity contribution < 1.29 is 19.1 Å². The second kappa shape index (κ2) is 9.50. The van der Waals surface area contributed by atoms with E-state index in [1.54, 1.807) is 56.4 Å². The Hall–Kier alpha value is -4.59. The smallest absolute Gasteiger partial charge is 0.338 e. The first-order valence-electron chi connectivity index (χ1n) is 10.7.